The minimum Gasteiger partial charge on any atom is -0.368 e. The molecule has 2 aromatic rings. The van der Waals surface area contributed by atoms with Gasteiger partial charge in [-0.15, -0.1) is 10.2 Å². The molecule has 2 rings (SSSR count). The molecule has 0 atom stereocenters. The molecule has 1 aromatic heterocycles. The monoisotopic (exact) mass is 302 g/mol. The lowest BCUT2D eigenvalue weighted by atomic mass is 10.1. The number of rotatable bonds is 4. The molecule has 0 bridgehead atoms. The number of hydrogen-bond donors (Lipinski definition) is 1. The van der Waals surface area contributed by atoms with Crippen molar-refractivity contribution in [3.63, 3.8) is 0 Å². The first-order chi connectivity index (χ1) is 8.81. The van der Waals surface area contributed by atoms with Gasteiger partial charge in [-0.05, 0) is 18.2 Å². The van der Waals surface area contributed by atoms with Gasteiger partial charge in [0.15, 0.2) is 0 Å². The van der Waals surface area contributed by atoms with Gasteiger partial charge >= 0.3 is 0 Å². The van der Waals surface area contributed by atoms with Crippen LogP contribution in [0.15, 0.2) is 40.9 Å². The first kappa shape index (κ1) is 12.5. The van der Waals surface area contributed by atoms with E-state index in [4.69, 9.17) is 5.26 Å². The van der Waals surface area contributed by atoms with E-state index in [1.807, 2.05) is 36.4 Å². The number of hydrogen-bond acceptors (Lipinski definition) is 4. The van der Waals surface area contributed by atoms with Crippen molar-refractivity contribution < 1.29 is 0 Å². The Morgan fingerprint density at radius 2 is 2.00 bits per heavy atom. The number of halogens is 1. The van der Waals surface area contributed by atoms with Crippen LogP contribution in [0.5, 0.6) is 0 Å². The number of nitrogens with one attached hydrogen (secondary N) is 1. The normalized spacial score (nSPS) is 9.78. The van der Waals surface area contributed by atoms with Gasteiger partial charge in [0.2, 0.25) is 0 Å². The van der Waals surface area contributed by atoms with Crippen molar-refractivity contribution in [3.8, 4) is 17.3 Å². The van der Waals surface area contributed by atoms with Crippen molar-refractivity contribution in [2.75, 3.05) is 11.9 Å². The van der Waals surface area contributed by atoms with E-state index >= 15 is 0 Å². The van der Waals surface area contributed by atoms with Crippen molar-refractivity contribution in [1.82, 2.24) is 10.2 Å². The van der Waals surface area contributed by atoms with Crippen LogP contribution in [0.4, 0.5) is 5.82 Å². The molecular formula is C13H11BrN4. The largest absolute Gasteiger partial charge is 0.368 e. The Balaban J connectivity index is 2.13. The van der Waals surface area contributed by atoms with Gasteiger partial charge in [0.05, 0.1) is 18.2 Å². The maximum Gasteiger partial charge on any atom is 0.148 e. The van der Waals surface area contributed by atoms with E-state index in [2.05, 4.69) is 37.5 Å². The third kappa shape index (κ3) is 3.05. The van der Waals surface area contributed by atoms with Crippen LogP contribution in [-0.2, 0) is 0 Å². The molecule has 0 amide bonds. The number of aromatic nitrogens is 2. The molecule has 0 saturated heterocycles. The predicted molar refractivity (Wildman–Crippen MR) is 73.9 cm³/mol. The van der Waals surface area contributed by atoms with Gasteiger partial charge < -0.3 is 5.32 Å². The second-order valence-electron chi connectivity index (χ2n) is 3.62. The summed E-state index contributed by atoms with van der Waals surface area (Å²) in [5.74, 6) is 0.682. The molecule has 0 unspecified atom stereocenters. The highest BCUT2D eigenvalue weighted by Crippen LogP contribution is 2.25. The Bertz CT molecular complexity index is 560. The topological polar surface area (TPSA) is 61.6 Å². The number of nitriles is 1. The van der Waals surface area contributed by atoms with Crippen LogP contribution < -0.4 is 5.32 Å². The molecule has 0 saturated carbocycles. The van der Waals surface area contributed by atoms with Crippen LogP contribution in [-0.4, -0.2) is 16.7 Å². The molecule has 0 radical (unpaired) electrons. The van der Waals surface area contributed by atoms with Gasteiger partial charge in [-0.1, -0.05) is 34.1 Å². The first-order valence-electron chi connectivity index (χ1n) is 5.50. The van der Waals surface area contributed by atoms with E-state index in [0.717, 1.165) is 15.7 Å². The summed E-state index contributed by atoms with van der Waals surface area (Å²) >= 11 is 3.48. The molecular weight excluding hydrogens is 292 g/mol. The van der Waals surface area contributed by atoms with E-state index in [0.29, 0.717) is 18.8 Å². The minimum atomic E-state index is 0.452. The summed E-state index contributed by atoms with van der Waals surface area (Å²) in [7, 11) is 0. The summed E-state index contributed by atoms with van der Waals surface area (Å²) in [5.41, 5.74) is 1.82. The summed E-state index contributed by atoms with van der Waals surface area (Å²) in [5, 5.41) is 19.7. The molecule has 0 fully saturated rings. The lowest BCUT2D eigenvalue weighted by molar-refractivity contribution is 0.992. The smallest absolute Gasteiger partial charge is 0.148 e. The van der Waals surface area contributed by atoms with Gasteiger partial charge in [-0.2, -0.15) is 5.26 Å². The predicted octanol–water partition coefficient (Wildman–Crippen LogP) is 3.23. The fraction of sp³-hybridized carbons (Fsp3) is 0.154. The lowest BCUT2D eigenvalue weighted by Crippen LogP contribution is -2.03. The Kier molecular flexibility index (Phi) is 4.26. The van der Waals surface area contributed by atoms with Crippen molar-refractivity contribution in [2.24, 2.45) is 0 Å². The van der Waals surface area contributed by atoms with Gasteiger partial charge in [0, 0.05) is 16.6 Å². The van der Waals surface area contributed by atoms with Crippen molar-refractivity contribution >= 4 is 21.7 Å². The molecule has 18 heavy (non-hydrogen) atoms. The average molecular weight is 303 g/mol. The SMILES string of the molecule is N#CCCNc1ccc(-c2ccccc2Br)nn1. The third-order valence-electron chi connectivity index (χ3n) is 2.36. The van der Waals surface area contributed by atoms with Crippen LogP contribution in [0.3, 0.4) is 0 Å². The summed E-state index contributed by atoms with van der Waals surface area (Å²) in [6, 6.07) is 13.7. The highest BCUT2D eigenvalue weighted by Gasteiger charge is 2.04. The standard InChI is InChI=1S/C13H11BrN4/c14-11-5-2-1-4-10(11)12-6-7-13(18-17-12)16-9-3-8-15/h1-2,4-7H,3,9H2,(H,16,18). The van der Waals surface area contributed by atoms with Crippen LogP contribution in [0.1, 0.15) is 6.42 Å². The highest BCUT2D eigenvalue weighted by atomic mass is 79.9. The fourth-order valence-corrected chi connectivity index (χ4v) is 1.97. The summed E-state index contributed by atoms with van der Waals surface area (Å²) < 4.78 is 0.990. The second-order valence-corrected chi connectivity index (χ2v) is 4.47. The quantitative estimate of drug-likeness (QED) is 0.881. The first-order valence-corrected chi connectivity index (χ1v) is 6.30. The highest BCUT2D eigenvalue weighted by molar-refractivity contribution is 9.10. The van der Waals surface area contributed by atoms with Crippen LogP contribution in [0, 0.1) is 11.3 Å². The summed E-state index contributed by atoms with van der Waals surface area (Å²) in [6.45, 7) is 0.583. The van der Waals surface area contributed by atoms with E-state index in [-0.39, 0.29) is 0 Å². The van der Waals surface area contributed by atoms with E-state index in [9.17, 15) is 0 Å². The third-order valence-corrected chi connectivity index (χ3v) is 3.05. The molecule has 1 heterocycles. The Morgan fingerprint density at radius 3 is 2.67 bits per heavy atom. The van der Waals surface area contributed by atoms with Crippen LogP contribution in [0.2, 0.25) is 0 Å². The Hall–Kier alpha value is -1.93. The minimum absolute atomic E-state index is 0.452. The molecule has 1 aromatic carbocycles. The van der Waals surface area contributed by atoms with E-state index in [1.165, 1.54) is 0 Å². The molecule has 1 N–H and O–H groups in total. The Labute approximate surface area is 114 Å². The zero-order valence-electron chi connectivity index (χ0n) is 9.60. The van der Waals surface area contributed by atoms with Crippen LogP contribution in [0.25, 0.3) is 11.3 Å². The maximum absolute atomic E-state index is 8.44. The number of nitrogens with zero attached hydrogens (tertiary/aromatic N) is 3. The molecule has 0 aliphatic rings. The summed E-state index contributed by atoms with van der Waals surface area (Å²) in [4.78, 5) is 0. The second kappa shape index (κ2) is 6.12. The van der Waals surface area contributed by atoms with Crippen molar-refractivity contribution in [2.45, 2.75) is 6.42 Å². The number of anilines is 1. The van der Waals surface area contributed by atoms with Gasteiger partial charge in [-0.3, -0.25) is 0 Å². The van der Waals surface area contributed by atoms with E-state index < -0.39 is 0 Å². The fourth-order valence-electron chi connectivity index (χ4n) is 1.49. The number of benzene rings is 1. The molecule has 90 valence electrons. The van der Waals surface area contributed by atoms with Crippen molar-refractivity contribution in [3.05, 3.63) is 40.9 Å². The Morgan fingerprint density at radius 1 is 1.17 bits per heavy atom. The average Bonchev–Trinajstić information content (AvgIpc) is 2.41. The maximum atomic E-state index is 8.44. The zero-order valence-corrected chi connectivity index (χ0v) is 11.2. The van der Waals surface area contributed by atoms with Gasteiger partial charge in [-0.25, -0.2) is 0 Å². The zero-order chi connectivity index (χ0) is 12.8. The lowest BCUT2D eigenvalue weighted by Gasteiger charge is -2.05. The van der Waals surface area contributed by atoms with Crippen molar-refractivity contribution in [1.29, 1.82) is 5.26 Å². The van der Waals surface area contributed by atoms with E-state index in [1.54, 1.807) is 0 Å². The molecule has 4 nitrogen and oxygen atoms in total. The summed E-state index contributed by atoms with van der Waals surface area (Å²) in [6.07, 6.45) is 0.452. The molecule has 0 spiro atoms. The molecule has 0 aliphatic heterocycles. The van der Waals surface area contributed by atoms with Gasteiger partial charge in [0.1, 0.15) is 5.82 Å². The van der Waals surface area contributed by atoms with Gasteiger partial charge in [0.25, 0.3) is 0 Å². The molecule has 0 aliphatic carbocycles. The van der Waals surface area contributed by atoms with Crippen LogP contribution >= 0.6 is 15.9 Å². The molecule has 5 heteroatoms.